The summed E-state index contributed by atoms with van der Waals surface area (Å²) in [5, 5.41) is 1.19. The van der Waals surface area contributed by atoms with Crippen molar-refractivity contribution in [1.82, 2.24) is 9.88 Å². The molecule has 0 aliphatic carbocycles. The molecule has 33 heavy (non-hydrogen) atoms. The van der Waals surface area contributed by atoms with Crippen LogP contribution in [0.2, 0.25) is 5.02 Å². The first-order valence-electron chi connectivity index (χ1n) is 10.7. The van der Waals surface area contributed by atoms with Gasteiger partial charge in [-0.25, -0.2) is 4.98 Å². The van der Waals surface area contributed by atoms with Crippen LogP contribution in [0.4, 0.5) is 5.13 Å². The molecule has 4 rings (SSSR count). The summed E-state index contributed by atoms with van der Waals surface area (Å²) in [5.74, 6) is -0.221. The van der Waals surface area contributed by atoms with Crippen molar-refractivity contribution in [3.8, 4) is 0 Å². The monoisotopic (exact) mass is 477 g/mol. The summed E-state index contributed by atoms with van der Waals surface area (Å²) >= 11 is 7.77. The number of aromatic nitrogens is 1. The van der Waals surface area contributed by atoms with Gasteiger partial charge in [-0.2, -0.15) is 0 Å². The van der Waals surface area contributed by atoms with E-state index in [1.807, 2.05) is 44.4 Å². The zero-order valence-corrected chi connectivity index (χ0v) is 20.1. The minimum atomic E-state index is -0.150. The molecule has 168 valence electrons. The molecule has 0 bridgehead atoms. The highest BCUT2D eigenvalue weighted by Crippen LogP contribution is 2.33. The molecule has 1 amide bonds. The number of carbonyl (C=O) groups is 2. The lowest BCUT2D eigenvalue weighted by Gasteiger charge is -2.21. The van der Waals surface area contributed by atoms with Gasteiger partial charge in [-0.1, -0.05) is 71.5 Å². The van der Waals surface area contributed by atoms with Gasteiger partial charge in [0.05, 0.1) is 9.72 Å². The lowest BCUT2D eigenvalue weighted by Crippen LogP contribution is -2.33. The maximum absolute atomic E-state index is 13.5. The molecular weight excluding hydrogens is 454 g/mol. The minimum absolute atomic E-state index is 0.0711. The second-order valence-corrected chi connectivity index (χ2v) is 9.39. The van der Waals surface area contributed by atoms with Crippen molar-refractivity contribution < 1.29 is 9.59 Å². The number of anilines is 1. The molecule has 0 N–H and O–H groups in total. The maximum atomic E-state index is 13.5. The summed E-state index contributed by atoms with van der Waals surface area (Å²) in [4.78, 5) is 34.7. The van der Waals surface area contributed by atoms with Crippen LogP contribution in [0.1, 0.15) is 32.7 Å². The van der Waals surface area contributed by atoms with Gasteiger partial charge in [0.25, 0.3) is 5.91 Å². The second-order valence-electron chi connectivity index (χ2n) is 7.97. The fourth-order valence-electron chi connectivity index (χ4n) is 3.52. The van der Waals surface area contributed by atoms with Crippen molar-refractivity contribution in [1.29, 1.82) is 0 Å². The van der Waals surface area contributed by atoms with E-state index in [4.69, 9.17) is 11.6 Å². The first-order chi connectivity index (χ1) is 15.9. The molecule has 0 saturated heterocycles. The Hall–Kier alpha value is -3.06. The van der Waals surface area contributed by atoms with E-state index >= 15 is 0 Å². The fraction of sp³-hybridized carbons (Fsp3) is 0.192. The lowest BCUT2D eigenvalue weighted by atomic mass is 10.0. The zero-order valence-electron chi connectivity index (χ0n) is 18.5. The molecule has 0 aliphatic heterocycles. The summed E-state index contributed by atoms with van der Waals surface area (Å²) in [6, 6.07) is 21.6. The van der Waals surface area contributed by atoms with E-state index < -0.39 is 0 Å². The van der Waals surface area contributed by atoms with E-state index in [0.717, 1.165) is 17.7 Å². The van der Waals surface area contributed by atoms with E-state index in [0.29, 0.717) is 38.9 Å². The minimum Gasteiger partial charge on any atom is -0.309 e. The van der Waals surface area contributed by atoms with Gasteiger partial charge in [-0.15, -0.1) is 0 Å². The quantitative estimate of drug-likeness (QED) is 0.302. The Morgan fingerprint density at radius 2 is 1.52 bits per heavy atom. The molecule has 3 aromatic carbocycles. The van der Waals surface area contributed by atoms with Crippen LogP contribution in [-0.4, -0.2) is 48.8 Å². The topological polar surface area (TPSA) is 53.5 Å². The third-order valence-electron chi connectivity index (χ3n) is 5.25. The molecule has 5 nitrogen and oxygen atoms in total. The molecule has 4 aromatic rings. The highest BCUT2D eigenvalue weighted by atomic mass is 35.5. The number of hydrogen-bond acceptors (Lipinski definition) is 5. The number of hydrogen-bond donors (Lipinski definition) is 0. The predicted octanol–water partition coefficient (Wildman–Crippen LogP) is 5.78. The van der Waals surface area contributed by atoms with Crippen molar-refractivity contribution in [2.45, 2.75) is 6.42 Å². The van der Waals surface area contributed by atoms with Crippen LogP contribution in [0.15, 0.2) is 72.8 Å². The van der Waals surface area contributed by atoms with Crippen LogP contribution in [-0.2, 0) is 0 Å². The molecule has 7 heteroatoms. The summed E-state index contributed by atoms with van der Waals surface area (Å²) in [7, 11) is 4.01. The van der Waals surface area contributed by atoms with Crippen molar-refractivity contribution in [3.05, 3.63) is 94.5 Å². The van der Waals surface area contributed by atoms with Gasteiger partial charge in [-0.3, -0.25) is 14.5 Å². The molecule has 0 unspecified atom stereocenters. The van der Waals surface area contributed by atoms with Gasteiger partial charge < -0.3 is 4.90 Å². The fourth-order valence-corrected chi connectivity index (χ4v) is 4.81. The maximum Gasteiger partial charge on any atom is 0.260 e. The smallest absolute Gasteiger partial charge is 0.260 e. The van der Waals surface area contributed by atoms with Crippen molar-refractivity contribution in [3.63, 3.8) is 0 Å². The Kier molecular flexibility index (Phi) is 7.18. The van der Waals surface area contributed by atoms with Gasteiger partial charge in [0.1, 0.15) is 5.52 Å². The van der Waals surface area contributed by atoms with E-state index in [-0.39, 0.29) is 11.7 Å². The van der Waals surface area contributed by atoms with Gasteiger partial charge in [0.2, 0.25) is 0 Å². The second kappa shape index (κ2) is 10.3. The molecule has 0 fully saturated rings. The lowest BCUT2D eigenvalue weighted by molar-refractivity contribution is 0.0983. The van der Waals surface area contributed by atoms with E-state index in [9.17, 15) is 9.59 Å². The average Bonchev–Trinajstić information content (AvgIpc) is 3.27. The summed E-state index contributed by atoms with van der Waals surface area (Å²) < 4.78 is 0.937. The Morgan fingerprint density at radius 3 is 2.18 bits per heavy atom. The third kappa shape index (κ3) is 5.30. The van der Waals surface area contributed by atoms with E-state index in [1.54, 1.807) is 47.4 Å². The van der Waals surface area contributed by atoms with Gasteiger partial charge in [0, 0.05) is 23.2 Å². The van der Waals surface area contributed by atoms with Crippen LogP contribution in [0, 0.1) is 0 Å². The molecule has 0 aliphatic rings. The number of thiazole rings is 1. The summed E-state index contributed by atoms with van der Waals surface area (Å²) in [5.41, 5.74) is 2.38. The van der Waals surface area contributed by atoms with Crippen LogP contribution in [0.5, 0.6) is 0 Å². The normalized spacial score (nSPS) is 11.2. The Balaban J connectivity index is 1.61. The number of carbonyl (C=O) groups excluding carboxylic acids is 2. The largest absolute Gasteiger partial charge is 0.309 e. The molecule has 0 saturated carbocycles. The highest BCUT2D eigenvalue weighted by molar-refractivity contribution is 7.22. The number of ketones is 1. The SMILES string of the molecule is CN(C)CCCN(C(=O)c1ccc(C(=O)c2ccccc2)cc1)c1nc2c(Cl)cccc2s1. The first-order valence-corrected chi connectivity index (χ1v) is 11.8. The van der Waals surface area contributed by atoms with Gasteiger partial charge in [-0.05, 0) is 51.3 Å². The molecule has 1 heterocycles. The van der Waals surface area contributed by atoms with Crippen molar-refractivity contribution in [2.24, 2.45) is 0 Å². The van der Waals surface area contributed by atoms with Crippen molar-refractivity contribution in [2.75, 3.05) is 32.1 Å². The molecule has 0 atom stereocenters. The van der Waals surface area contributed by atoms with Crippen LogP contribution < -0.4 is 4.90 Å². The van der Waals surface area contributed by atoms with Crippen molar-refractivity contribution >= 4 is 50.0 Å². The van der Waals surface area contributed by atoms with E-state index in [1.165, 1.54) is 11.3 Å². The number of halogens is 1. The summed E-state index contributed by atoms with van der Waals surface area (Å²) in [6.45, 7) is 1.37. The number of nitrogens with zero attached hydrogens (tertiary/aromatic N) is 3. The van der Waals surface area contributed by atoms with Gasteiger partial charge >= 0.3 is 0 Å². The predicted molar refractivity (Wildman–Crippen MR) is 136 cm³/mol. The standard InChI is InChI=1S/C26H24ClN3O2S/c1-29(2)16-7-17-30(26-28-23-21(27)10-6-11-22(23)33-26)25(32)20-14-12-19(13-15-20)24(31)18-8-4-3-5-9-18/h3-6,8-15H,7,16-17H2,1-2H3. The van der Waals surface area contributed by atoms with Crippen LogP contribution in [0.25, 0.3) is 10.2 Å². The Labute approximate surface area is 202 Å². The highest BCUT2D eigenvalue weighted by Gasteiger charge is 2.22. The first kappa shape index (κ1) is 23.1. The number of rotatable bonds is 8. The van der Waals surface area contributed by atoms with Crippen LogP contribution in [0.3, 0.4) is 0 Å². The third-order valence-corrected chi connectivity index (χ3v) is 6.60. The van der Waals surface area contributed by atoms with E-state index in [2.05, 4.69) is 9.88 Å². The molecular formula is C26H24ClN3O2S. The Bertz CT molecular complexity index is 1270. The number of fused-ring (bicyclic) bond motifs is 1. The Morgan fingerprint density at radius 1 is 0.848 bits per heavy atom. The summed E-state index contributed by atoms with van der Waals surface area (Å²) in [6.07, 6.45) is 0.799. The number of para-hydroxylation sites is 1. The number of amides is 1. The molecule has 0 radical (unpaired) electrons. The zero-order chi connectivity index (χ0) is 23.4. The molecule has 0 spiro atoms. The van der Waals surface area contributed by atoms with Crippen LogP contribution >= 0.6 is 22.9 Å². The van der Waals surface area contributed by atoms with Gasteiger partial charge in [0.15, 0.2) is 10.9 Å². The molecule has 1 aromatic heterocycles. The average molecular weight is 478 g/mol. The number of benzene rings is 3.